The quantitative estimate of drug-likeness (QED) is 0.898. The minimum Gasteiger partial charge on any atom is -0.497 e. The Labute approximate surface area is 145 Å². The van der Waals surface area contributed by atoms with Gasteiger partial charge in [0.05, 0.1) is 13.2 Å². The van der Waals surface area contributed by atoms with Gasteiger partial charge in [-0.1, -0.05) is 28.9 Å². The first-order valence-electron chi connectivity index (χ1n) is 7.92. The van der Waals surface area contributed by atoms with Gasteiger partial charge in [0.15, 0.2) is 5.15 Å². The molecule has 0 saturated carbocycles. The lowest BCUT2D eigenvalue weighted by molar-refractivity contribution is -0.134. The van der Waals surface area contributed by atoms with Gasteiger partial charge in [0, 0.05) is 38.5 Å². The molecule has 2 aromatic rings. The zero-order valence-electron chi connectivity index (χ0n) is 13.5. The molecule has 2 heterocycles. The maximum atomic E-state index is 12.7. The number of carbonyl (C=O) groups excluding carboxylic acids is 1. The Morgan fingerprint density at radius 1 is 1.46 bits per heavy atom. The number of nitrogens with one attached hydrogen (secondary N) is 1. The molecule has 1 amide bonds. The molecule has 1 aliphatic heterocycles. The first kappa shape index (κ1) is 16.8. The maximum absolute atomic E-state index is 12.7. The summed E-state index contributed by atoms with van der Waals surface area (Å²) in [5.74, 6) is 1.54. The molecule has 0 spiro atoms. The summed E-state index contributed by atoms with van der Waals surface area (Å²) < 4.78 is 10.3. The number of methoxy groups -OCH3 is 1. The molecule has 1 aliphatic rings. The van der Waals surface area contributed by atoms with Crippen molar-refractivity contribution in [3.8, 4) is 5.75 Å². The number of nitrogens with zero attached hydrogens (tertiary/aromatic N) is 2. The van der Waals surface area contributed by atoms with Crippen molar-refractivity contribution in [2.24, 2.45) is 0 Å². The lowest BCUT2D eigenvalue weighted by atomic mass is 10.0. The Hall–Kier alpha value is -2.05. The lowest BCUT2D eigenvalue weighted by Gasteiger charge is -2.36. The van der Waals surface area contributed by atoms with Gasteiger partial charge in [-0.25, -0.2) is 0 Å². The smallest absolute Gasteiger partial charge is 0.223 e. The Balaban J connectivity index is 1.67. The van der Waals surface area contributed by atoms with Crippen LogP contribution in [0.15, 0.2) is 34.9 Å². The Morgan fingerprint density at radius 2 is 2.25 bits per heavy atom. The molecule has 24 heavy (non-hydrogen) atoms. The molecule has 128 valence electrons. The van der Waals surface area contributed by atoms with Gasteiger partial charge in [-0.15, -0.1) is 0 Å². The van der Waals surface area contributed by atoms with E-state index in [0.717, 1.165) is 24.4 Å². The van der Waals surface area contributed by atoms with Gasteiger partial charge in [-0.05, 0) is 17.7 Å². The van der Waals surface area contributed by atoms with E-state index in [1.165, 1.54) is 0 Å². The number of carbonyl (C=O) groups is 1. The highest BCUT2D eigenvalue weighted by molar-refractivity contribution is 6.29. The minimum absolute atomic E-state index is 0.0236. The van der Waals surface area contributed by atoms with Crippen molar-refractivity contribution >= 4 is 17.5 Å². The van der Waals surface area contributed by atoms with E-state index in [9.17, 15) is 4.79 Å². The SMILES string of the molecule is COc1ccc([C@@H]2CNCCN2C(=O)CCc2cc(Cl)no2)cc1. The van der Waals surface area contributed by atoms with E-state index >= 15 is 0 Å². The summed E-state index contributed by atoms with van der Waals surface area (Å²) in [5, 5.41) is 7.30. The molecular weight excluding hydrogens is 330 g/mol. The molecule has 3 rings (SSSR count). The van der Waals surface area contributed by atoms with Crippen LogP contribution in [0.5, 0.6) is 5.75 Å². The normalized spacial score (nSPS) is 17.8. The second-order valence-corrected chi connectivity index (χ2v) is 6.08. The van der Waals surface area contributed by atoms with Crippen molar-refractivity contribution in [3.63, 3.8) is 0 Å². The molecule has 0 radical (unpaired) electrons. The first-order chi connectivity index (χ1) is 11.7. The molecule has 1 N–H and O–H groups in total. The monoisotopic (exact) mass is 349 g/mol. The summed E-state index contributed by atoms with van der Waals surface area (Å²) in [4.78, 5) is 14.6. The van der Waals surface area contributed by atoms with Crippen molar-refractivity contribution in [2.45, 2.75) is 18.9 Å². The molecule has 7 heteroatoms. The highest BCUT2D eigenvalue weighted by Gasteiger charge is 2.27. The van der Waals surface area contributed by atoms with Gasteiger partial charge in [-0.2, -0.15) is 0 Å². The number of halogens is 1. The van der Waals surface area contributed by atoms with E-state index in [4.69, 9.17) is 20.9 Å². The average Bonchev–Trinajstić information content (AvgIpc) is 3.05. The zero-order valence-corrected chi connectivity index (χ0v) is 14.3. The number of hydrogen-bond acceptors (Lipinski definition) is 5. The van der Waals surface area contributed by atoms with Crippen LogP contribution in [0.4, 0.5) is 0 Å². The van der Waals surface area contributed by atoms with E-state index in [1.807, 2.05) is 29.2 Å². The average molecular weight is 350 g/mol. The third-order valence-electron chi connectivity index (χ3n) is 4.18. The number of hydrogen-bond donors (Lipinski definition) is 1. The van der Waals surface area contributed by atoms with Crippen LogP contribution in [-0.4, -0.2) is 42.7 Å². The van der Waals surface area contributed by atoms with E-state index in [2.05, 4.69) is 10.5 Å². The third kappa shape index (κ3) is 3.88. The fourth-order valence-electron chi connectivity index (χ4n) is 2.91. The second-order valence-electron chi connectivity index (χ2n) is 5.70. The van der Waals surface area contributed by atoms with Gasteiger partial charge in [-0.3, -0.25) is 4.79 Å². The molecule has 1 fully saturated rings. The summed E-state index contributed by atoms with van der Waals surface area (Å²) in [6, 6.07) is 9.52. The Kier molecular flexibility index (Phi) is 5.37. The zero-order chi connectivity index (χ0) is 16.9. The molecular formula is C17H20ClN3O3. The van der Waals surface area contributed by atoms with Crippen LogP contribution in [0.3, 0.4) is 0 Å². The van der Waals surface area contributed by atoms with E-state index < -0.39 is 0 Å². The highest BCUT2D eigenvalue weighted by atomic mass is 35.5. The van der Waals surface area contributed by atoms with Crippen LogP contribution in [0.2, 0.25) is 5.15 Å². The topological polar surface area (TPSA) is 67.6 Å². The summed E-state index contributed by atoms with van der Waals surface area (Å²) in [6.45, 7) is 2.23. The Bertz CT molecular complexity index is 687. The van der Waals surface area contributed by atoms with Crippen LogP contribution < -0.4 is 10.1 Å². The number of ether oxygens (including phenoxy) is 1. The number of amides is 1. The predicted octanol–water partition coefficient (Wildman–Crippen LogP) is 2.44. The van der Waals surface area contributed by atoms with E-state index in [-0.39, 0.29) is 11.9 Å². The molecule has 1 saturated heterocycles. The van der Waals surface area contributed by atoms with Gasteiger partial charge < -0.3 is 19.5 Å². The predicted molar refractivity (Wildman–Crippen MR) is 90.2 cm³/mol. The van der Waals surface area contributed by atoms with Gasteiger partial charge in [0.1, 0.15) is 11.5 Å². The second kappa shape index (κ2) is 7.68. The number of aromatic nitrogens is 1. The number of benzene rings is 1. The van der Waals surface area contributed by atoms with E-state index in [0.29, 0.717) is 30.3 Å². The van der Waals surface area contributed by atoms with Crippen LogP contribution in [-0.2, 0) is 11.2 Å². The van der Waals surface area contributed by atoms with Crippen molar-refractivity contribution in [1.29, 1.82) is 0 Å². The van der Waals surface area contributed by atoms with Crippen molar-refractivity contribution in [1.82, 2.24) is 15.4 Å². The largest absolute Gasteiger partial charge is 0.497 e. The van der Waals surface area contributed by atoms with Crippen molar-refractivity contribution < 1.29 is 14.1 Å². The highest BCUT2D eigenvalue weighted by Crippen LogP contribution is 2.25. The lowest BCUT2D eigenvalue weighted by Crippen LogP contribution is -2.48. The maximum Gasteiger partial charge on any atom is 0.223 e. The fourth-order valence-corrected chi connectivity index (χ4v) is 3.06. The summed E-state index contributed by atoms with van der Waals surface area (Å²) >= 11 is 5.73. The summed E-state index contributed by atoms with van der Waals surface area (Å²) in [6.07, 6.45) is 0.871. The number of rotatable bonds is 5. The molecule has 1 aromatic heterocycles. The Morgan fingerprint density at radius 3 is 2.92 bits per heavy atom. The van der Waals surface area contributed by atoms with Gasteiger partial charge >= 0.3 is 0 Å². The van der Waals surface area contributed by atoms with Crippen LogP contribution in [0, 0.1) is 0 Å². The third-order valence-corrected chi connectivity index (χ3v) is 4.36. The molecule has 0 bridgehead atoms. The standard InChI is InChI=1S/C17H20ClN3O3/c1-23-13-4-2-12(3-5-13)15-11-19-8-9-21(15)17(22)7-6-14-10-16(18)20-24-14/h2-5,10,15,19H,6-9,11H2,1H3/t15-/m0/s1. The van der Waals surface area contributed by atoms with Crippen molar-refractivity contribution in [2.75, 3.05) is 26.7 Å². The van der Waals surface area contributed by atoms with Gasteiger partial charge in [0.25, 0.3) is 0 Å². The van der Waals surface area contributed by atoms with Crippen LogP contribution in [0.1, 0.15) is 23.8 Å². The van der Waals surface area contributed by atoms with Crippen molar-refractivity contribution in [3.05, 3.63) is 46.8 Å². The summed E-state index contributed by atoms with van der Waals surface area (Å²) in [5.41, 5.74) is 1.10. The molecule has 1 aromatic carbocycles. The van der Waals surface area contributed by atoms with Crippen LogP contribution in [0.25, 0.3) is 0 Å². The summed E-state index contributed by atoms with van der Waals surface area (Å²) in [7, 11) is 1.64. The number of aryl methyl sites for hydroxylation is 1. The molecule has 0 aliphatic carbocycles. The minimum atomic E-state index is 0.0236. The molecule has 1 atom stereocenters. The van der Waals surface area contributed by atoms with Crippen LogP contribution >= 0.6 is 11.6 Å². The molecule has 0 unspecified atom stereocenters. The fraction of sp³-hybridized carbons (Fsp3) is 0.412. The molecule has 6 nitrogen and oxygen atoms in total. The first-order valence-corrected chi connectivity index (χ1v) is 8.30. The van der Waals surface area contributed by atoms with E-state index in [1.54, 1.807) is 13.2 Å². The van der Waals surface area contributed by atoms with Gasteiger partial charge in [0.2, 0.25) is 5.91 Å². The number of piperazine rings is 1.